The van der Waals surface area contributed by atoms with Crippen molar-refractivity contribution in [3.8, 4) is 0 Å². The molecule has 7 heteroatoms. The predicted molar refractivity (Wildman–Crippen MR) is 105 cm³/mol. The molecule has 28 heavy (non-hydrogen) atoms. The first-order valence-corrected chi connectivity index (χ1v) is 10.0. The van der Waals surface area contributed by atoms with Crippen molar-refractivity contribution in [3.63, 3.8) is 0 Å². The molecule has 0 spiro atoms. The van der Waals surface area contributed by atoms with Crippen LogP contribution in [0.5, 0.6) is 0 Å². The van der Waals surface area contributed by atoms with Gasteiger partial charge in [-0.2, -0.15) is 0 Å². The van der Waals surface area contributed by atoms with Crippen LogP contribution >= 0.6 is 11.6 Å². The summed E-state index contributed by atoms with van der Waals surface area (Å²) in [5.41, 5.74) is 2.52. The molecule has 2 aliphatic carbocycles. The molecule has 2 fully saturated rings. The van der Waals surface area contributed by atoms with Crippen molar-refractivity contribution in [2.75, 3.05) is 0 Å². The number of benzene rings is 1. The summed E-state index contributed by atoms with van der Waals surface area (Å²) in [5.74, 6) is 0.0169. The van der Waals surface area contributed by atoms with E-state index in [1.165, 1.54) is 0 Å². The number of nitrogens with zero attached hydrogens (tertiary/aromatic N) is 3. The van der Waals surface area contributed by atoms with Gasteiger partial charge in [0.25, 0.3) is 0 Å². The van der Waals surface area contributed by atoms with E-state index in [2.05, 4.69) is 9.97 Å². The molecule has 0 bridgehead atoms. The first-order chi connectivity index (χ1) is 13.5. The van der Waals surface area contributed by atoms with Gasteiger partial charge in [-0.25, -0.2) is 9.97 Å². The highest BCUT2D eigenvalue weighted by Crippen LogP contribution is 2.45. The molecule has 2 aliphatic rings. The highest BCUT2D eigenvalue weighted by Gasteiger charge is 2.46. The van der Waals surface area contributed by atoms with Gasteiger partial charge in [0.15, 0.2) is 0 Å². The molecule has 3 aromatic rings. The van der Waals surface area contributed by atoms with Crippen LogP contribution in [0, 0.1) is 5.92 Å². The minimum Gasteiger partial charge on any atom is -0.390 e. The second-order valence-corrected chi connectivity index (χ2v) is 8.37. The molecular formula is C21H22ClN3O3. The summed E-state index contributed by atoms with van der Waals surface area (Å²) < 4.78 is 1.92. The molecule has 6 nitrogen and oxygen atoms in total. The van der Waals surface area contributed by atoms with Crippen LogP contribution in [0.15, 0.2) is 42.9 Å². The molecule has 5 atom stereocenters. The van der Waals surface area contributed by atoms with Crippen molar-refractivity contribution in [1.29, 1.82) is 0 Å². The van der Waals surface area contributed by atoms with Crippen LogP contribution in [0.25, 0.3) is 11.0 Å². The van der Waals surface area contributed by atoms with Crippen molar-refractivity contribution in [2.45, 2.75) is 49.5 Å². The van der Waals surface area contributed by atoms with E-state index in [9.17, 15) is 15.3 Å². The Balaban J connectivity index is 1.46. The lowest BCUT2D eigenvalue weighted by molar-refractivity contribution is -0.0264. The van der Waals surface area contributed by atoms with Gasteiger partial charge in [0.05, 0.1) is 23.9 Å². The number of rotatable bonds is 4. The normalized spacial score (nSPS) is 28.7. The van der Waals surface area contributed by atoms with E-state index < -0.39 is 24.2 Å². The van der Waals surface area contributed by atoms with E-state index >= 15 is 0 Å². The van der Waals surface area contributed by atoms with Crippen LogP contribution in [-0.2, 0) is 0 Å². The van der Waals surface area contributed by atoms with Gasteiger partial charge in [-0.3, -0.25) is 0 Å². The molecule has 146 valence electrons. The van der Waals surface area contributed by atoms with Gasteiger partial charge in [-0.15, -0.1) is 0 Å². The van der Waals surface area contributed by atoms with Crippen LogP contribution < -0.4 is 0 Å². The van der Waals surface area contributed by atoms with Crippen molar-refractivity contribution in [3.05, 3.63) is 59.1 Å². The minimum atomic E-state index is -1.03. The first kappa shape index (κ1) is 18.1. The number of halogens is 1. The monoisotopic (exact) mass is 399 g/mol. The van der Waals surface area contributed by atoms with Crippen LogP contribution in [-0.4, -0.2) is 42.1 Å². The molecular weight excluding hydrogens is 378 g/mol. The standard InChI is InChI=1S/C21H22ClN3O3/c22-13-5-3-12(4-6-13)18(26)15-9-16(20(28)19(15)27)25-8-7-14-17(11-1-2-11)23-10-24-21(14)25/h3-8,10-11,15-16,18-20,26-28H,1-2,9H2/t15-,16-,18?,19-,20+/m1/s1. The Morgan fingerprint density at radius 1 is 1.04 bits per heavy atom. The average molecular weight is 400 g/mol. The van der Waals surface area contributed by atoms with E-state index in [4.69, 9.17) is 11.6 Å². The first-order valence-electron chi connectivity index (χ1n) is 9.65. The molecule has 0 saturated heterocycles. The molecule has 0 radical (unpaired) electrons. The highest BCUT2D eigenvalue weighted by atomic mass is 35.5. The van der Waals surface area contributed by atoms with Crippen molar-refractivity contribution in [2.24, 2.45) is 5.92 Å². The van der Waals surface area contributed by atoms with Gasteiger partial charge < -0.3 is 19.9 Å². The lowest BCUT2D eigenvalue weighted by Gasteiger charge is -2.22. The summed E-state index contributed by atoms with van der Waals surface area (Å²) in [6.45, 7) is 0. The van der Waals surface area contributed by atoms with Crippen molar-refractivity contribution in [1.82, 2.24) is 14.5 Å². The summed E-state index contributed by atoms with van der Waals surface area (Å²) >= 11 is 5.93. The molecule has 0 aliphatic heterocycles. The maximum Gasteiger partial charge on any atom is 0.143 e. The fraction of sp³-hybridized carbons (Fsp3) is 0.429. The van der Waals surface area contributed by atoms with Crippen molar-refractivity contribution < 1.29 is 15.3 Å². The van der Waals surface area contributed by atoms with Crippen LogP contribution in [0.1, 0.15) is 48.6 Å². The van der Waals surface area contributed by atoms with Crippen LogP contribution in [0.2, 0.25) is 5.02 Å². The highest BCUT2D eigenvalue weighted by molar-refractivity contribution is 6.30. The van der Waals surface area contributed by atoms with E-state index in [1.807, 2.05) is 16.8 Å². The van der Waals surface area contributed by atoms with Gasteiger partial charge in [-0.05, 0) is 43.0 Å². The molecule has 2 aromatic heterocycles. The van der Waals surface area contributed by atoms with Gasteiger partial charge in [0.2, 0.25) is 0 Å². The third-order valence-corrected chi connectivity index (χ3v) is 6.43. The molecule has 3 N–H and O–H groups in total. The summed E-state index contributed by atoms with van der Waals surface area (Å²) in [7, 11) is 0. The molecule has 0 amide bonds. The zero-order valence-electron chi connectivity index (χ0n) is 15.2. The Labute approximate surface area is 167 Å². The SMILES string of the molecule is OC(c1ccc(Cl)cc1)[C@H]1C[C@@H](n2ccc3c(C4CC4)ncnc32)[C@H](O)[C@@H]1O. The van der Waals surface area contributed by atoms with E-state index in [1.54, 1.807) is 30.6 Å². The van der Waals surface area contributed by atoms with Gasteiger partial charge >= 0.3 is 0 Å². The number of aliphatic hydroxyl groups is 3. The zero-order valence-corrected chi connectivity index (χ0v) is 15.9. The Bertz CT molecular complexity index is 1000. The lowest BCUT2D eigenvalue weighted by Crippen LogP contribution is -2.31. The molecule has 1 unspecified atom stereocenters. The Hall–Kier alpha value is -1.99. The maximum atomic E-state index is 10.8. The summed E-state index contributed by atoms with van der Waals surface area (Å²) in [4.78, 5) is 8.88. The summed E-state index contributed by atoms with van der Waals surface area (Å²) in [5, 5.41) is 33.8. The lowest BCUT2D eigenvalue weighted by atomic mass is 9.92. The third-order valence-electron chi connectivity index (χ3n) is 6.17. The zero-order chi connectivity index (χ0) is 19.4. The van der Waals surface area contributed by atoms with Gasteiger partial charge in [0.1, 0.15) is 18.1 Å². The van der Waals surface area contributed by atoms with E-state index in [0.29, 0.717) is 22.9 Å². The number of fused-ring (bicyclic) bond motifs is 1. The summed E-state index contributed by atoms with van der Waals surface area (Å²) in [6.07, 6.45) is 3.32. The fourth-order valence-electron chi connectivity index (χ4n) is 4.48. The molecule has 5 rings (SSSR count). The third kappa shape index (κ3) is 2.92. The van der Waals surface area contributed by atoms with E-state index in [0.717, 1.165) is 29.6 Å². The van der Waals surface area contributed by atoms with Crippen LogP contribution in [0.3, 0.4) is 0 Å². The van der Waals surface area contributed by atoms with Gasteiger partial charge in [0, 0.05) is 28.4 Å². The van der Waals surface area contributed by atoms with Crippen molar-refractivity contribution >= 4 is 22.6 Å². The minimum absolute atomic E-state index is 0.360. The molecule has 2 saturated carbocycles. The summed E-state index contributed by atoms with van der Waals surface area (Å²) in [6, 6.07) is 8.56. The maximum absolute atomic E-state index is 10.8. The second-order valence-electron chi connectivity index (χ2n) is 7.94. The van der Waals surface area contributed by atoms with E-state index in [-0.39, 0.29) is 6.04 Å². The molecule has 1 aromatic carbocycles. The van der Waals surface area contributed by atoms with Crippen LogP contribution in [0.4, 0.5) is 0 Å². The quantitative estimate of drug-likeness (QED) is 0.627. The number of aliphatic hydroxyl groups excluding tert-OH is 3. The average Bonchev–Trinajstić information content (AvgIpc) is 3.40. The Morgan fingerprint density at radius 3 is 2.50 bits per heavy atom. The smallest absolute Gasteiger partial charge is 0.143 e. The van der Waals surface area contributed by atoms with Gasteiger partial charge in [-0.1, -0.05) is 23.7 Å². The fourth-order valence-corrected chi connectivity index (χ4v) is 4.61. The Kier molecular flexibility index (Phi) is 4.39. The Morgan fingerprint density at radius 2 is 1.79 bits per heavy atom. The largest absolute Gasteiger partial charge is 0.390 e. The number of aromatic nitrogens is 3. The number of hydrogen-bond acceptors (Lipinski definition) is 5. The number of hydrogen-bond donors (Lipinski definition) is 3. The molecule has 2 heterocycles. The predicted octanol–water partition coefficient (Wildman–Crippen LogP) is 2.98. The topological polar surface area (TPSA) is 91.4 Å². The second kappa shape index (κ2) is 6.81.